The number of anilines is 1. The third kappa shape index (κ3) is 6.61. The lowest BCUT2D eigenvalue weighted by molar-refractivity contribution is -0.124. The number of para-hydroxylation sites is 4. The summed E-state index contributed by atoms with van der Waals surface area (Å²) >= 11 is 0. The SMILES string of the molecule is COCCCCn1c(C(=O)N(CC(C)C)[C@H]2C[C@@H](C(=O)N3CCOc4ccccc43)CN(C(=O)O)C2)nc2ccccc21. The first kappa shape index (κ1) is 30.3. The molecular weight excluding hydrogens is 550 g/mol. The van der Waals surface area contributed by atoms with Crippen LogP contribution in [0.25, 0.3) is 11.0 Å². The molecule has 3 amide bonds. The lowest BCUT2D eigenvalue weighted by Gasteiger charge is -2.43. The van der Waals surface area contributed by atoms with Crippen molar-refractivity contribution >= 4 is 34.6 Å². The van der Waals surface area contributed by atoms with E-state index in [4.69, 9.17) is 14.5 Å². The van der Waals surface area contributed by atoms with E-state index in [2.05, 4.69) is 0 Å². The van der Waals surface area contributed by atoms with Gasteiger partial charge in [0.25, 0.3) is 5.91 Å². The maximum Gasteiger partial charge on any atom is 0.407 e. The number of aryl methyl sites for hydroxylation is 1. The van der Waals surface area contributed by atoms with Crippen molar-refractivity contribution in [1.29, 1.82) is 0 Å². The second-order valence-electron chi connectivity index (χ2n) is 11.7. The Morgan fingerprint density at radius 1 is 1.09 bits per heavy atom. The summed E-state index contributed by atoms with van der Waals surface area (Å²) in [4.78, 5) is 50.2. The molecule has 3 heterocycles. The lowest BCUT2D eigenvalue weighted by Crippen LogP contribution is -2.58. The summed E-state index contributed by atoms with van der Waals surface area (Å²) in [7, 11) is 1.67. The van der Waals surface area contributed by atoms with Crippen LogP contribution in [0.2, 0.25) is 0 Å². The van der Waals surface area contributed by atoms with Crippen LogP contribution < -0.4 is 9.64 Å². The van der Waals surface area contributed by atoms with E-state index in [0.29, 0.717) is 56.5 Å². The molecule has 5 rings (SSSR count). The molecule has 1 saturated heterocycles. The average Bonchev–Trinajstić information content (AvgIpc) is 3.39. The van der Waals surface area contributed by atoms with Crippen LogP contribution in [0, 0.1) is 11.8 Å². The quantitative estimate of drug-likeness (QED) is 0.348. The molecular formula is C32H41N5O6. The molecule has 2 atom stereocenters. The van der Waals surface area contributed by atoms with Crippen molar-refractivity contribution in [2.24, 2.45) is 11.8 Å². The highest BCUT2D eigenvalue weighted by Gasteiger charge is 2.41. The molecule has 0 aliphatic carbocycles. The third-order valence-electron chi connectivity index (χ3n) is 8.13. The Bertz CT molecular complexity index is 1460. The molecule has 0 radical (unpaired) electrons. The minimum Gasteiger partial charge on any atom is -0.490 e. The second-order valence-corrected chi connectivity index (χ2v) is 11.7. The van der Waals surface area contributed by atoms with Crippen LogP contribution in [0.4, 0.5) is 10.5 Å². The monoisotopic (exact) mass is 591 g/mol. The number of carbonyl (C=O) groups is 3. The van der Waals surface area contributed by atoms with Crippen molar-refractivity contribution < 1.29 is 29.0 Å². The standard InChI is InChI=1S/C32H41N5O6/c1-22(2)19-37(31(39)29-33-25-10-4-5-11-26(25)35(29)14-8-9-16-42-3)24-18-23(20-34(21-24)32(40)41)30(38)36-15-17-43-28-13-7-6-12-27(28)36/h4-7,10-13,22-24H,8-9,14-21H2,1-3H3,(H,40,41)/t23-,24+/m1/s1. The molecule has 11 heteroatoms. The highest BCUT2D eigenvalue weighted by atomic mass is 16.5. The van der Waals surface area contributed by atoms with Gasteiger partial charge in [0.15, 0.2) is 5.82 Å². The van der Waals surface area contributed by atoms with Crippen molar-refractivity contribution in [2.45, 2.75) is 45.7 Å². The van der Waals surface area contributed by atoms with Crippen LogP contribution in [-0.2, 0) is 16.1 Å². The van der Waals surface area contributed by atoms with E-state index in [9.17, 15) is 19.5 Å². The summed E-state index contributed by atoms with van der Waals surface area (Å²) < 4.78 is 12.9. The first-order chi connectivity index (χ1) is 20.8. The average molecular weight is 592 g/mol. The van der Waals surface area contributed by atoms with Crippen molar-refractivity contribution in [2.75, 3.05) is 51.4 Å². The zero-order valence-electron chi connectivity index (χ0n) is 25.1. The summed E-state index contributed by atoms with van der Waals surface area (Å²) in [6.45, 7) is 6.64. The number of methoxy groups -OCH3 is 1. The summed E-state index contributed by atoms with van der Waals surface area (Å²) in [6, 6.07) is 14.6. The molecule has 0 bridgehead atoms. The molecule has 0 unspecified atom stereocenters. The highest BCUT2D eigenvalue weighted by Crippen LogP contribution is 2.34. The summed E-state index contributed by atoms with van der Waals surface area (Å²) in [6.07, 6.45) is 0.908. The topological polar surface area (TPSA) is 117 Å². The predicted molar refractivity (Wildman–Crippen MR) is 163 cm³/mol. The van der Waals surface area contributed by atoms with Crippen molar-refractivity contribution in [3.05, 3.63) is 54.4 Å². The Labute approximate surface area is 252 Å². The molecule has 1 aromatic heterocycles. The van der Waals surface area contributed by atoms with Gasteiger partial charge in [-0.15, -0.1) is 0 Å². The lowest BCUT2D eigenvalue weighted by atomic mass is 9.91. The molecule has 2 aliphatic rings. The van der Waals surface area contributed by atoms with E-state index in [0.717, 1.165) is 23.9 Å². The van der Waals surface area contributed by atoms with Gasteiger partial charge in [0, 0.05) is 39.9 Å². The second kappa shape index (κ2) is 13.5. The summed E-state index contributed by atoms with van der Waals surface area (Å²) in [5.41, 5.74) is 2.29. The number of ether oxygens (including phenoxy) is 2. The molecule has 1 fully saturated rings. The number of fused-ring (bicyclic) bond motifs is 2. The van der Waals surface area contributed by atoms with Crippen LogP contribution >= 0.6 is 0 Å². The number of unbranched alkanes of at least 4 members (excludes halogenated alkanes) is 1. The summed E-state index contributed by atoms with van der Waals surface area (Å²) in [5, 5.41) is 10.1. The number of imidazole rings is 1. The fourth-order valence-corrected chi connectivity index (χ4v) is 6.15. The number of benzene rings is 2. The molecule has 2 aliphatic heterocycles. The Morgan fingerprint density at radius 2 is 1.86 bits per heavy atom. The number of hydrogen-bond donors (Lipinski definition) is 1. The fraction of sp³-hybridized carbons (Fsp3) is 0.500. The fourth-order valence-electron chi connectivity index (χ4n) is 6.15. The van der Waals surface area contributed by atoms with Crippen LogP contribution in [0.15, 0.2) is 48.5 Å². The van der Waals surface area contributed by atoms with E-state index in [1.165, 1.54) is 4.90 Å². The molecule has 1 N–H and O–H groups in total. The zero-order valence-corrected chi connectivity index (χ0v) is 25.1. The molecule has 230 valence electrons. The molecule has 43 heavy (non-hydrogen) atoms. The van der Waals surface area contributed by atoms with Gasteiger partial charge in [-0.2, -0.15) is 0 Å². The van der Waals surface area contributed by atoms with Gasteiger partial charge >= 0.3 is 6.09 Å². The van der Waals surface area contributed by atoms with Crippen molar-refractivity contribution in [3.8, 4) is 5.75 Å². The van der Waals surface area contributed by atoms with Crippen molar-refractivity contribution in [1.82, 2.24) is 19.4 Å². The normalized spacial score (nSPS) is 18.4. The number of aromatic nitrogens is 2. The summed E-state index contributed by atoms with van der Waals surface area (Å²) in [5.74, 6) is 0.0494. The Balaban J connectivity index is 1.46. The van der Waals surface area contributed by atoms with Gasteiger partial charge in [0.2, 0.25) is 5.91 Å². The minimum absolute atomic E-state index is 0.0753. The number of likely N-dealkylation sites (tertiary alicyclic amines) is 1. The van der Waals surface area contributed by atoms with Gasteiger partial charge in [-0.1, -0.05) is 38.1 Å². The number of carboxylic acid groups (broad SMARTS) is 1. The zero-order chi connectivity index (χ0) is 30.5. The molecule has 11 nitrogen and oxygen atoms in total. The van der Waals surface area contributed by atoms with Crippen LogP contribution in [0.1, 0.15) is 43.7 Å². The number of amides is 3. The number of hydrogen-bond acceptors (Lipinski definition) is 6. The van der Waals surface area contributed by atoms with Gasteiger partial charge in [0.1, 0.15) is 12.4 Å². The van der Waals surface area contributed by atoms with Gasteiger partial charge in [-0.05, 0) is 49.4 Å². The molecule has 2 aromatic carbocycles. The van der Waals surface area contributed by atoms with Crippen LogP contribution in [0.5, 0.6) is 5.75 Å². The number of piperidine rings is 1. The van der Waals surface area contributed by atoms with Crippen LogP contribution in [0.3, 0.4) is 0 Å². The highest BCUT2D eigenvalue weighted by molar-refractivity contribution is 5.98. The maximum atomic E-state index is 14.4. The van der Waals surface area contributed by atoms with Gasteiger partial charge in [0.05, 0.1) is 35.2 Å². The minimum atomic E-state index is -1.10. The first-order valence-corrected chi connectivity index (χ1v) is 15.0. The van der Waals surface area contributed by atoms with E-state index < -0.39 is 18.1 Å². The Kier molecular flexibility index (Phi) is 9.49. The first-order valence-electron chi connectivity index (χ1n) is 15.0. The predicted octanol–water partition coefficient (Wildman–Crippen LogP) is 4.36. The van der Waals surface area contributed by atoms with Gasteiger partial charge in [-0.25, -0.2) is 9.78 Å². The smallest absolute Gasteiger partial charge is 0.407 e. The molecule has 3 aromatic rings. The van der Waals surface area contributed by atoms with Gasteiger partial charge < -0.3 is 33.8 Å². The number of carbonyl (C=O) groups excluding carboxylic acids is 2. The number of nitrogens with zero attached hydrogens (tertiary/aromatic N) is 5. The number of rotatable bonds is 10. The Hall–Kier alpha value is -4.12. The van der Waals surface area contributed by atoms with Crippen molar-refractivity contribution in [3.63, 3.8) is 0 Å². The largest absolute Gasteiger partial charge is 0.490 e. The molecule has 0 spiro atoms. The Morgan fingerprint density at radius 3 is 2.63 bits per heavy atom. The van der Waals surface area contributed by atoms with Gasteiger partial charge in [-0.3, -0.25) is 9.59 Å². The van der Waals surface area contributed by atoms with E-state index in [1.54, 1.807) is 16.9 Å². The molecule has 0 saturated carbocycles. The third-order valence-corrected chi connectivity index (χ3v) is 8.13. The van der Waals surface area contributed by atoms with E-state index in [1.807, 2.05) is 66.9 Å². The van der Waals surface area contributed by atoms with E-state index in [-0.39, 0.29) is 30.8 Å². The van der Waals surface area contributed by atoms with E-state index >= 15 is 0 Å². The maximum absolute atomic E-state index is 14.4. The van der Waals surface area contributed by atoms with Crippen LogP contribution in [-0.4, -0.2) is 94.9 Å².